The zero-order chi connectivity index (χ0) is 24.0. The SMILES string of the molecule is CC(=O)OC(C)[C@@]1(C)CC[C@H]2[C@@H](CC[C@H]3CC(OS(=O)(=O)c4ccc(C)cc4)CC[C@@H]32)[C@@H]1C. The Morgan fingerprint density at radius 1 is 1.03 bits per heavy atom. The molecular weight excluding hydrogens is 436 g/mol. The molecule has 0 aliphatic heterocycles. The lowest BCUT2D eigenvalue weighted by molar-refractivity contribution is -0.163. The van der Waals surface area contributed by atoms with Gasteiger partial charge in [0.25, 0.3) is 10.1 Å². The molecule has 3 saturated carbocycles. The van der Waals surface area contributed by atoms with Gasteiger partial charge in [0.1, 0.15) is 6.10 Å². The molecule has 0 aromatic heterocycles. The van der Waals surface area contributed by atoms with Gasteiger partial charge in [0.2, 0.25) is 0 Å². The van der Waals surface area contributed by atoms with Gasteiger partial charge in [-0.2, -0.15) is 8.42 Å². The van der Waals surface area contributed by atoms with Gasteiger partial charge in [-0.1, -0.05) is 31.5 Å². The topological polar surface area (TPSA) is 69.7 Å². The van der Waals surface area contributed by atoms with E-state index >= 15 is 0 Å². The first kappa shape index (κ1) is 24.7. The Morgan fingerprint density at radius 2 is 1.70 bits per heavy atom. The highest BCUT2D eigenvalue weighted by Gasteiger charge is 2.53. The Balaban J connectivity index is 1.40. The first-order valence-corrected chi connectivity index (χ1v) is 14.1. The second-order valence-electron chi connectivity index (χ2n) is 11.2. The van der Waals surface area contributed by atoms with Crippen molar-refractivity contribution in [3.8, 4) is 0 Å². The predicted octanol–water partition coefficient (Wildman–Crippen LogP) is 5.90. The van der Waals surface area contributed by atoms with Crippen molar-refractivity contribution in [2.45, 2.75) is 96.7 Å². The molecule has 0 N–H and O–H groups in total. The van der Waals surface area contributed by atoms with E-state index in [-0.39, 0.29) is 28.5 Å². The van der Waals surface area contributed by atoms with Crippen molar-refractivity contribution in [1.82, 2.24) is 0 Å². The molecule has 0 bridgehead atoms. The van der Waals surface area contributed by atoms with E-state index in [1.165, 1.54) is 19.8 Å². The maximum atomic E-state index is 12.8. The van der Waals surface area contributed by atoms with E-state index in [4.69, 9.17) is 8.92 Å². The second-order valence-corrected chi connectivity index (χ2v) is 12.8. The number of aryl methyl sites for hydroxylation is 1. The molecule has 1 aromatic rings. The smallest absolute Gasteiger partial charge is 0.302 e. The molecule has 0 saturated heterocycles. The quantitative estimate of drug-likeness (QED) is 0.391. The molecule has 2 unspecified atom stereocenters. The fourth-order valence-corrected chi connectivity index (χ4v) is 8.42. The third-order valence-electron chi connectivity index (χ3n) is 9.51. The zero-order valence-corrected chi connectivity index (χ0v) is 21.6. The molecule has 8 atom stereocenters. The number of carbonyl (C=O) groups is 1. The van der Waals surface area contributed by atoms with Crippen LogP contribution in [0, 0.1) is 41.9 Å². The van der Waals surface area contributed by atoms with Gasteiger partial charge in [0, 0.05) is 12.3 Å². The molecule has 3 fully saturated rings. The predicted molar refractivity (Wildman–Crippen MR) is 128 cm³/mol. The third kappa shape index (κ3) is 4.88. The summed E-state index contributed by atoms with van der Waals surface area (Å²) in [6, 6.07) is 6.90. The highest BCUT2D eigenvalue weighted by Crippen LogP contribution is 2.58. The molecule has 0 heterocycles. The van der Waals surface area contributed by atoms with Gasteiger partial charge < -0.3 is 4.74 Å². The number of carbonyl (C=O) groups excluding carboxylic acids is 1. The number of esters is 1. The lowest BCUT2D eigenvalue weighted by Crippen LogP contribution is -2.52. The minimum Gasteiger partial charge on any atom is -0.462 e. The van der Waals surface area contributed by atoms with Crippen LogP contribution in [-0.2, 0) is 23.8 Å². The summed E-state index contributed by atoms with van der Waals surface area (Å²) in [5.41, 5.74) is 1.05. The number of rotatable bonds is 5. The fraction of sp³-hybridized carbons (Fsp3) is 0.741. The van der Waals surface area contributed by atoms with E-state index in [1.54, 1.807) is 12.1 Å². The van der Waals surface area contributed by atoms with Crippen LogP contribution >= 0.6 is 0 Å². The van der Waals surface area contributed by atoms with Gasteiger partial charge in [-0.25, -0.2) is 0 Å². The van der Waals surface area contributed by atoms with Crippen molar-refractivity contribution in [1.29, 1.82) is 0 Å². The summed E-state index contributed by atoms with van der Waals surface area (Å²) >= 11 is 0. The van der Waals surface area contributed by atoms with Gasteiger partial charge in [0.15, 0.2) is 0 Å². The minimum atomic E-state index is -3.72. The molecule has 3 aliphatic rings. The highest BCUT2D eigenvalue weighted by atomic mass is 32.2. The summed E-state index contributed by atoms with van der Waals surface area (Å²) in [7, 11) is -3.72. The van der Waals surface area contributed by atoms with Crippen LogP contribution < -0.4 is 0 Å². The average molecular weight is 477 g/mol. The van der Waals surface area contributed by atoms with Crippen LogP contribution in [0.4, 0.5) is 0 Å². The van der Waals surface area contributed by atoms with Crippen molar-refractivity contribution in [3.05, 3.63) is 29.8 Å². The van der Waals surface area contributed by atoms with Gasteiger partial charge in [-0.15, -0.1) is 0 Å². The van der Waals surface area contributed by atoms with E-state index in [2.05, 4.69) is 20.8 Å². The zero-order valence-electron chi connectivity index (χ0n) is 20.8. The lowest BCUT2D eigenvalue weighted by atomic mass is 9.49. The van der Waals surface area contributed by atoms with Gasteiger partial charge in [0.05, 0.1) is 11.0 Å². The van der Waals surface area contributed by atoms with Crippen molar-refractivity contribution in [2.75, 3.05) is 0 Å². The number of ether oxygens (including phenoxy) is 1. The molecule has 33 heavy (non-hydrogen) atoms. The highest BCUT2D eigenvalue weighted by molar-refractivity contribution is 7.86. The van der Waals surface area contributed by atoms with Crippen molar-refractivity contribution >= 4 is 16.1 Å². The Kier molecular flexibility index (Phi) is 6.99. The monoisotopic (exact) mass is 476 g/mol. The van der Waals surface area contributed by atoms with Crippen molar-refractivity contribution in [3.63, 3.8) is 0 Å². The summed E-state index contributed by atoms with van der Waals surface area (Å²) in [4.78, 5) is 11.8. The van der Waals surface area contributed by atoms with Crippen LogP contribution in [-0.4, -0.2) is 26.6 Å². The van der Waals surface area contributed by atoms with Crippen LogP contribution in [0.15, 0.2) is 29.2 Å². The molecule has 0 amide bonds. The summed E-state index contributed by atoms with van der Waals surface area (Å²) in [5.74, 6) is 2.84. The van der Waals surface area contributed by atoms with Crippen LogP contribution in [0.1, 0.15) is 78.2 Å². The van der Waals surface area contributed by atoms with Crippen LogP contribution in [0.5, 0.6) is 0 Å². The molecule has 6 heteroatoms. The molecule has 0 spiro atoms. The fourth-order valence-electron chi connectivity index (χ4n) is 7.31. The molecule has 0 radical (unpaired) electrons. The molecule has 184 valence electrons. The van der Waals surface area contributed by atoms with E-state index in [9.17, 15) is 13.2 Å². The Labute approximate surface area is 199 Å². The number of fused-ring (bicyclic) bond motifs is 3. The van der Waals surface area contributed by atoms with Crippen LogP contribution in [0.3, 0.4) is 0 Å². The Bertz CT molecular complexity index is 955. The van der Waals surface area contributed by atoms with Crippen LogP contribution in [0.2, 0.25) is 0 Å². The van der Waals surface area contributed by atoms with Crippen molar-refractivity contribution in [2.24, 2.45) is 35.0 Å². The second kappa shape index (κ2) is 9.33. The number of hydrogen-bond donors (Lipinski definition) is 0. The average Bonchev–Trinajstić information content (AvgIpc) is 2.75. The Morgan fingerprint density at radius 3 is 2.36 bits per heavy atom. The minimum absolute atomic E-state index is 0.0160. The Hall–Kier alpha value is -1.40. The first-order chi connectivity index (χ1) is 15.5. The first-order valence-electron chi connectivity index (χ1n) is 12.7. The molecule has 3 aliphatic carbocycles. The standard InChI is InChI=1S/C27H40O5S/c1-17-6-10-23(11-7-17)33(29,30)32-22-9-13-25-21(16-22)8-12-24-18(2)27(5,15-14-26(24)25)19(3)31-20(4)28/h6-7,10-11,18-19,21-22,24-26H,8-9,12-16H2,1-5H3/t18-,19?,21-,22?,24-,25-,26-,27-/m0/s1. The molecule has 4 rings (SSSR count). The van der Waals surface area contributed by atoms with E-state index < -0.39 is 10.1 Å². The normalized spacial score (nSPS) is 37.5. The van der Waals surface area contributed by atoms with E-state index in [0.717, 1.165) is 37.7 Å². The lowest BCUT2D eigenvalue weighted by Gasteiger charge is -2.57. The maximum absolute atomic E-state index is 12.8. The summed E-state index contributed by atoms with van der Waals surface area (Å²) in [5, 5.41) is 0. The maximum Gasteiger partial charge on any atom is 0.302 e. The van der Waals surface area contributed by atoms with Gasteiger partial charge in [-0.05, 0) is 101 Å². The summed E-state index contributed by atoms with van der Waals surface area (Å²) < 4.78 is 37.0. The molecular formula is C27H40O5S. The van der Waals surface area contributed by atoms with E-state index in [0.29, 0.717) is 29.6 Å². The molecule has 1 aromatic carbocycles. The van der Waals surface area contributed by atoms with Gasteiger partial charge in [-0.3, -0.25) is 8.98 Å². The van der Waals surface area contributed by atoms with Crippen LogP contribution in [0.25, 0.3) is 0 Å². The molecule has 5 nitrogen and oxygen atoms in total. The van der Waals surface area contributed by atoms with E-state index in [1.807, 2.05) is 19.1 Å². The number of benzene rings is 1. The van der Waals surface area contributed by atoms with Crippen molar-refractivity contribution < 1.29 is 22.1 Å². The third-order valence-corrected chi connectivity index (χ3v) is 10.9. The summed E-state index contributed by atoms with van der Waals surface area (Å²) in [6.45, 7) is 10.2. The van der Waals surface area contributed by atoms with Gasteiger partial charge >= 0.3 is 5.97 Å². The largest absolute Gasteiger partial charge is 0.462 e. The number of hydrogen-bond acceptors (Lipinski definition) is 5. The summed E-state index contributed by atoms with van der Waals surface area (Å²) in [6.07, 6.45) is 6.97.